The number of para-hydroxylation sites is 1. The van der Waals surface area contributed by atoms with Crippen LogP contribution < -0.4 is 10.1 Å². The van der Waals surface area contributed by atoms with Crippen LogP contribution in [0.25, 0.3) is 0 Å². The van der Waals surface area contributed by atoms with E-state index in [0.29, 0.717) is 31.6 Å². The molecule has 2 rings (SSSR count). The summed E-state index contributed by atoms with van der Waals surface area (Å²) in [6.07, 6.45) is 1.06. The molecule has 1 amide bonds. The molecule has 0 atom stereocenters. The Hall–Kier alpha value is -2.51. The molecule has 0 bridgehead atoms. The van der Waals surface area contributed by atoms with Crippen molar-refractivity contribution in [1.82, 2.24) is 4.90 Å². The summed E-state index contributed by atoms with van der Waals surface area (Å²) in [5.74, 6) is 0.223. The molecule has 0 aliphatic carbocycles. The number of likely N-dealkylation sites (tertiary alicyclic amines) is 1. The van der Waals surface area contributed by atoms with Crippen molar-refractivity contribution in [2.75, 3.05) is 25.5 Å². The molecule has 0 unspecified atom stereocenters. The number of carbonyl (C=O) groups is 1. The van der Waals surface area contributed by atoms with E-state index in [-0.39, 0.29) is 23.6 Å². The zero-order valence-electron chi connectivity index (χ0n) is 15.1. The number of amides is 1. The van der Waals surface area contributed by atoms with E-state index in [2.05, 4.69) is 5.32 Å². The van der Waals surface area contributed by atoms with Crippen LogP contribution >= 0.6 is 0 Å². The number of nitro groups is 1. The van der Waals surface area contributed by atoms with Gasteiger partial charge in [0.05, 0.1) is 12.0 Å². The Morgan fingerprint density at radius 3 is 2.48 bits per heavy atom. The number of nitrogens with one attached hydrogen (secondary N) is 1. The Kier molecular flexibility index (Phi) is 5.71. The van der Waals surface area contributed by atoms with Crippen LogP contribution in [-0.4, -0.2) is 47.8 Å². The largest absolute Gasteiger partial charge is 0.490 e. The summed E-state index contributed by atoms with van der Waals surface area (Å²) in [6, 6.07) is 4.99. The highest BCUT2D eigenvalue weighted by atomic mass is 16.6. The van der Waals surface area contributed by atoms with Crippen molar-refractivity contribution in [3.05, 3.63) is 28.3 Å². The van der Waals surface area contributed by atoms with Crippen LogP contribution in [0.2, 0.25) is 0 Å². The highest BCUT2D eigenvalue weighted by Gasteiger charge is 2.28. The van der Waals surface area contributed by atoms with Crippen LogP contribution in [0, 0.1) is 10.1 Å². The van der Waals surface area contributed by atoms with Gasteiger partial charge in [0, 0.05) is 19.1 Å². The molecular formula is C17H25N3O5. The fourth-order valence-electron chi connectivity index (χ4n) is 2.74. The predicted molar refractivity (Wildman–Crippen MR) is 94.1 cm³/mol. The molecule has 1 aliphatic heterocycles. The smallest absolute Gasteiger partial charge is 0.410 e. The first-order valence-electron chi connectivity index (χ1n) is 8.27. The quantitative estimate of drug-likeness (QED) is 0.660. The third-order valence-electron chi connectivity index (χ3n) is 3.91. The van der Waals surface area contributed by atoms with Crippen molar-refractivity contribution in [2.24, 2.45) is 0 Å². The Balaban J connectivity index is 1.99. The van der Waals surface area contributed by atoms with E-state index in [1.165, 1.54) is 7.11 Å². The number of nitro benzene ring substituents is 1. The van der Waals surface area contributed by atoms with Crippen LogP contribution in [0.1, 0.15) is 33.6 Å². The molecule has 25 heavy (non-hydrogen) atoms. The number of nitrogens with zero attached hydrogens (tertiary/aromatic N) is 2. The van der Waals surface area contributed by atoms with Crippen molar-refractivity contribution >= 4 is 17.5 Å². The lowest BCUT2D eigenvalue weighted by Gasteiger charge is -2.34. The molecule has 0 saturated carbocycles. The average Bonchev–Trinajstić information content (AvgIpc) is 2.53. The number of hydrogen-bond donors (Lipinski definition) is 1. The monoisotopic (exact) mass is 351 g/mol. The van der Waals surface area contributed by atoms with E-state index in [9.17, 15) is 14.9 Å². The maximum Gasteiger partial charge on any atom is 0.410 e. The lowest BCUT2D eigenvalue weighted by Crippen LogP contribution is -2.44. The summed E-state index contributed by atoms with van der Waals surface area (Å²) in [4.78, 5) is 24.6. The van der Waals surface area contributed by atoms with Gasteiger partial charge in [-0.3, -0.25) is 10.1 Å². The summed E-state index contributed by atoms with van der Waals surface area (Å²) >= 11 is 0. The van der Waals surface area contributed by atoms with E-state index in [1.54, 1.807) is 23.1 Å². The normalized spacial score (nSPS) is 15.6. The van der Waals surface area contributed by atoms with Gasteiger partial charge in [0.1, 0.15) is 11.3 Å². The maximum absolute atomic E-state index is 12.1. The number of piperidine rings is 1. The van der Waals surface area contributed by atoms with E-state index < -0.39 is 10.5 Å². The first-order chi connectivity index (χ1) is 11.7. The van der Waals surface area contributed by atoms with Gasteiger partial charge in [0.15, 0.2) is 5.75 Å². The molecule has 1 aromatic rings. The average molecular weight is 351 g/mol. The van der Waals surface area contributed by atoms with Gasteiger partial charge in [-0.15, -0.1) is 0 Å². The SMILES string of the molecule is COc1cccc(NC2CCN(C(=O)OC(C)(C)C)CC2)c1[N+](=O)[O-]. The zero-order valence-corrected chi connectivity index (χ0v) is 15.1. The number of rotatable bonds is 4. The summed E-state index contributed by atoms with van der Waals surface area (Å²) in [5, 5.41) is 14.5. The molecule has 1 aromatic carbocycles. The van der Waals surface area contributed by atoms with Gasteiger partial charge in [-0.1, -0.05) is 6.07 Å². The fourth-order valence-corrected chi connectivity index (χ4v) is 2.74. The van der Waals surface area contributed by atoms with Gasteiger partial charge >= 0.3 is 11.8 Å². The Bertz CT molecular complexity index is 634. The standard InChI is InChI=1S/C17H25N3O5/c1-17(2,3)25-16(21)19-10-8-12(9-11-19)18-13-6-5-7-14(24-4)15(13)20(22)23/h5-7,12,18H,8-11H2,1-4H3. The highest BCUT2D eigenvalue weighted by molar-refractivity contribution is 5.69. The van der Waals surface area contributed by atoms with Gasteiger partial charge in [-0.2, -0.15) is 0 Å². The van der Waals surface area contributed by atoms with Crippen molar-refractivity contribution in [1.29, 1.82) is 0 Å². The Labute approximate surface area is 147 Å². The van der Waals surface area contributed by atoms with Crippen molar-refractivity contribution in [3.8, 4) is 5.75 Å². The summed E-state index contributed by atoms with van der Waals surface area (Å²) in [5.41, 5.74) is -0.160. The molecule has 138 valence electrons. The van der Waals surface area contributed by atoms with Crippen molar-refractivity contribution < 1.29 is 19.2 Å². The second-order valence-corrected chi connectivity index (χ2v) is 7.00. The van der Waals surface area contributed by atoms with Crippen LogP contribution in [0.4, 0.5) is 16.2 Å². The van der Waals surface area contributed by atoms with Gasteiger partial charge < -0.3 is 19.7 Å². The van der Waals surface area contributed by atoms with Gasteiger partial charge in [-0.05, 0) is 45.7 Å². The minimum atomic E-state index is -0.520. The van der Waals surface area contributed by atoms with E-state index >= 15 is 0 Å². The number of carbonyl (C=O) groups excluding carboxylic acids is 1. The lowest BCUT2D eigenvalue weighted by atomic mass is 10.0. The van der Waals surface area contributed by atoms with Gasteiger partial charge in [0.25, 0.3) is 0 Å². The van der Waals surface area contributed by atoms with Gasteiger partial charge in [-0.25, -0.2) is 4.79 Å². The summed E-state index contributed by atoms with van der Waals surface area (Å²) in [6.45, 7) is 6.60. The minimum Gasteiger partial charge on any atom is -0.490 e. The lowest BCUT2D eigenvalue weighted by molar-refractivity contribution is -0.384. The first-order valence-corrected chi connectivity index (χ1v) is 8.27. The topological polar surface area (TPSA) is 93.9 Å². The molecule has 1 heterocycles. The van der Waals surface area contributed by atoms with Crippen LogP contribution in [0.3, 0.4) is 0 Å². The molecule has 8 heteroatoms. The first kappa shape index (κ1) is 18.8. The number of benzene rings is 1. The second-order valence-electron chi connectivity index (χ2n) is 7.00. The van der Waals surface area contributed by atoms with Crippen LogP contribution in [0.5, 0.6) is 5.75 Å². The Morgan fingerprint density at radius 1 is 1.32 bits per heavy atom. The van der Waals surface area contributed by atoms with Crippen LogP contribution in [0.15, 0.2) is 18.2 Å². The van der Waals surface area contributed by atoms with Gasteiger partial charge in [0.2, 0.25) is 0 Å². The Morgan fingerprint density at radius 2 is 1.96 bits per heavy atom. The molecule has 0 aromatic heterocycles. The van der Waals surface area contributed by atoms with Crippen molar-refractivity contribution in [3.63, 3.8) is 0 Å². The predicted octanol–water partition coefficient (Wildman–Crippen LogP) is 3.41. The molecule has 0 radical (unpaired) electrons. The summed E-state index contributed by atoms with van der Waals surface area (Å²) < 4.78 is 10.5. The molecule has 8 nitrogen and oxygen atoms in total. The highest BCUT2D eigenvalue weighted by Crippen LogP contribution is 2.35. The number of anilines is 1. The molecule has 1 saturated heterocycles. The maximum atomic E-state index is 12.1. The summed E-state index contributed by atoms with van der Waals surface area (Å²) in [7, 11) is 1.41. The molecule has 1 N–H and O–H groups in total. The van der Waals surface area contributed by atoms with Crippen LogP contribution in [-0.2, 0) is 4.74 Å². The minimum absolute atomic E-state index is 0.0458. The number of ether oxygens (including phenoxy) is 2. The van der Waals surface area contributed by atoms with E-state index in [1.807, 2.05) is 20.8 Å². The van der Waals surface area contributed by atoms with E-state index in [0.717, 1.165) is 0 Å². The molecule has 0 spiro atoms. The fraction of sp³-hybridized carbons (Fsp3) is 0.588. The molecule has 1 aliphatic rings. The molecule has 1 fully saturated rings. The number of hydrogen-bond acceptors (Lipinski definition) is 6. The number of methoxy groups -OCH3 is 1. The van der Waals surface area contributed by atoms with E-state index in [4.69, 9.17) is 9.47 Å². The third kappa shape index (κ3) is 4.98. The molecular weight excluding hydrogens is 326 g/mol. The third-order valence-corrected chi connectivity index (χ3v) is 3.91. The zero-order chi connectivity index (χ0) is 18.6. The van der Waals surface area contributed by atoms with Crippen molar-refractivity contribution in [2.45, 2.75) is 45.3 Å². The second kappa shape index (κ2) is 7.58.